The van der Waals surface area contributed by atoms with Crippen LogP contribution in [0.25, 0.3) is 5.57 Å². The molecule has 1 aromatic heterocycles. The van der Waals surface area contributed by atoms with Crippen LogP contribution in [0.5, 0.6) is 0 Å². The number of halogens is 1. The van der Waals surface area contributed by atoms with Gasteiger partial charge in [-0.1, -0.05) is 41.1 Å². The smallest absolute Gasteiger partial charge is 0.214 e. The van der Waals surface area contributed by atoms with Crippen molar-refractivity contribution >= 4 is 27.3 Å². The summed E-state index contributed by atoms with van der Waals surface area (Å²) < 4.78 is 6.58. The maximum Gasteiger partial charge on any atom is 0.214 e. The van der Waals surface area contributed by atoms with Crippen LogP contribution in [0.2, 0.25) is 0 Å². The van der Waals surface area contributed by atoms with Crippen LogP contribution in [0.4, 0.5) is 0 Å². The van der Waals surface area contributed by atoms with Gasteiger partial charge in [-0.05, 0) is 29.7 Å². The van der Waals surface area contributed by atoms with Crippen molar-refractivity contribution in [1.82, 2.24) is 4.98 Å². The molecule has 1 atom stereocenters. The predicted octanol–water partition coefficient (Wildman–Crippen LogP) is 3.37. The fourth-order valence-electron chi connectivity index (χ4n) is 2.66. The largest absolute Gasteiger partial charge is 0.462 e. The van der Waals surface area contributed by atoms with Crippen LogP contribution < -0.4 is 5.73 Å². The van der Waals surface area contributed by atoms with E-state index in [-0.39, 0.29) is 11.7 Å². The number of carbonyl (C=O) groups excluding carboxylic acids is 1. The molecule has 0 aliphatic carbocycles. The molecular formula is C17H15BrN2O2. The third kappa shape index (κ3) is 2.41. The third-order valence-electron chi connectivity index (χ3n) is 3.70. The van der Waals surface area contributed by atoms with E-state index in [9.17, 15) is 4.79 Å². The second kappa shape index (κ2) is 5.93. The minimum Gasteiger partial charge on any atom is -0.462 e. The molecule has 2 heterocycles. The molecule has 1 aliphatic heterocycles. The highest BCUT2D eigenvalue weighted by atomic mass is 79.9. The van der Waals surface area contributed by atoms with E-state index in [1.54, 1.807) is 18.5 Å². The van der Waals surface area contributed by atoms with Gasteiger partial charge in [-0.15, -0.1) is 0 Å². The Bertz CT molecular complexity index is 757. The Balaban J connectivity index is 2.04. The van der Waals surface area contributed by atoms with E-state index in [0.29, 0.717) is 11.1 Å². The number of hydrogen-bond donors (Lipinski definition) is 1. The van der Waals surface area contributed by atoms with Crippen LogP contribution in [-0.2, 0) is 16.0 Å². The maximum atomic E-state index is 12.8. The summed E-state index contributed by atoms with van der Waals surface area (Å²) in [5.41, 5.74) is 9.03. The van der Waals surface area contributed by atoms with Crippen molar-refractivity contribution in [3.63, 3.8) is 0 Å². The van der Waals surface area contributed by atoms with Crippen LogP contribution in [-0.4, -0.2) is 10.8 Å². The van der Waals surface area contributed by atoms with E-state index in [4.69, 9.17) is 10.5 Å². The van der Waals surface area contributed by atoms with Gasteiger partial charge in [-0.2, -0.15) is 0 Å². The molecule has 5 heteroatoms. The van der Waals surface area contributed by atoms with E-state index in [1.165, 1.54) is 0 Å². The van der Waals surface area contributed by atoms with Gasteiger partial charge < -0.3 is 10.5 Å². The molecule has 3 rings (SSSR count). The van der Waals surface area contributed by atoms with Gasteiger partial charge in [0.05, 0.1) is 5.57 Å². The molecule has 22 heavy (non-hydrogen) atoms. The van der Waals surface area contributed by atoms with Gasteiger partial charge in [0.15, 0.2) is 12.0 Å². The normalized spacial score (nSPS) is 17.7. The van der Waals surface area contributed by atoms with Crippen LogP contribution in [0.15, 0.2) is 53.1 Å². The highest BCUT2D eigenvalue weighted by Crippen LogP contribution is 2.38. The monoisotopic (exact) mass is 358 g/mol. The fourth-order valence-corrected chi connectivity index (χ4v) is 3.31. The van der Waals surface area contributed by atoms with Crippen LogP contribution >= 0.6 is 15.9 Å². The Morgan fingerprint density at radius 2 is 2.14 bits per heavy atom. The van der Waals surface area contributed by atoms with Gasteiger partial charge in [0.2, 0.25) is 5.78 Å². The summed E-state index contributed by atoms with van der Waals surface area (Å²) in [7, 11) is 0. The second-order valence-corrected chi connectivity index (χ2v) is 5.86. The summed E-state index contributed by atoms with van der Waals surface area (Å²) in [5, 5.41) is 0. The lowest BCUT2D eigenvalue weighted by Gasteiger charge is -2.11. The Morgan fingerprint density at radius 3 is 2.82 bits per heavy atom. The summed E-state index contributed by atoms with van der Waals surface area (Å²) in [5.74, 6) is 0.0463. The van der Waals surface area contributed by atoms with Crippen molar-refractivity contribution in [1.29, 1.82) is 0 Å². The zero-order valence-corrected chi connectivity index (χ0v) is 13.6. The Morgan fingerprint density at radius 1 is 1.32 bits per heavy atom. The SMILES string of the molecule is CCc1c(Br)cccc1C1=C(N)OC(c2cccnc2)C1=O. The maximum absolute atomic E-state index is 12.8. The number of rotatable bonds is 3. The van der Waals surface area contributed by atoms with Crippen molar-refractivity contribution in [3.05, 3.63) is 69.8 Å². The first-order valence-corrected chi connectivity index (χ1v) is 7.81. The van der Waals surface area contributed by atoms with Crippen molar-refractivity contribution in [2.24, 2.45) is 5.73 Å². The topological polar surface area (TPSA) is 65.2 Å². The average molecular weight is 359 g/mol. The number of Topliss-reactive ketones (excluding diaryl/α,β-unsaturated/α-hetero) is 1. The van der Waals surface area contributed by atoms with Gasteiger partial charge in [0.25, 0.3) is 0 Å². The zero-order valence-electron chi connectivity index (χ0n) is 12.0. The summed E-state index contributed by atoms with van der Waals surface area (Å²) in [4.78, 5) is 16.8. The molecule has 2 N–H and O–H groups in total. The third-order valence-corrected chi connectivity index (χ3v) is 4.45. The van der Waals surface area contributed by atoms with Gasteiger partial charge in [0, 0.05) is 22.4 Å². The Labute approximate surface area is 137 Å². The van der Waals surface area contributed by atoms with E-state index in [1.807, 2.05) is 31.2 Å². The zero-order chi connectivity index (χ0) is 15.7. The number of carbonyl (C=O) groups is 1. The molecule has 2 aromatic rings. The number of hydrogen-bond acceptors (Lipinski definition) is 4. The molecule has 0 fully saturated rings. The first-order chi connectivity index (χ1) is 10.6. The first kappa shape index (κ1) is 14.8. The van der Waals surface area contributed by atoms with Crippen LogP contribution in [0.3, 0.4) is 0 Å². The molecule has 112 valence electrons. The number of nitrogens with zero attached hydrogens (tertiary/aromatic N) is 1. The van der Waals surface area contributed by atoms with Crippen LogP contribution in [0.1, 0.15) is 29.7 Å². The lowest BCUT2D eigenvalue weighted by molar-refractivity contribution is -0.120. The van der Waals surface area contributed by atoms with Gasteiger partial charge in [-0.25, -0.2) is 0 Å². The molecule has 1 aliphatic rings. The van der Waals surface area contributed by atoms with Gasteiger partial charge >= 0.3 is 0 Å². The van der Waals surface area contributed by atoms with Crippen LogP contribution in [0, 0.1) is 0 Å². The van der Waals surface area contributed by atoms with Crippen molar-refractivity contribution in [3.8, 4) is 0 Å². The average Bonchev–Trinajstić information content (AvgIpc) is 2.83. The molecule has 0 saturated heterocycles. The number of ketones is 1. The van der Waals surface area contributed by atoms with E-state index < -0.39 is 6.10 Å². The first-order valence-electron chi connectivity index (χ1n) is 7.01. The number of pyridine rings is 1. The highest BCUT2D eigenvalue weighted by molar-refractivity contribution is 9.10. The molecule has 0 radical (unpaired) electrons. The number of nitrogens with two attached hydrogens (primary N) is 1. The molecule has 0 bridgehead atoms. The van der Waals surface area contributed by atoms with Gasteiger partial charge in [0.1, 0.15) is 0 Å². The van der Waals surface area contributed by atoms with Crippen molar-refractivity contribution in [2.45, 2.75) is 19.4 Å². The minimum absolute atomic E-state index is 0.127. The fraction of sp³-hybridized carbons (Fsp3) is 0.176. The summed E-state index contributed by atoms with van der Waals surface area (Å²) in [6.07, 6.45) is 3.36. The lowest BCUT2D eigenvalue weighted by atomic mass is 9.93. The second-order valence-electron chi connectivity index (χ2n) is 5.01. The Hall–Kier alpha value is -2.14. The molecule has 4 nitrogen and oxygen atoms in total. The standard InChI is InChI=1S/C17H15BrN2O2/c1-2-11-12(6-3-7-13(11)18)14-15(21)16(22-17(14)19)10-5-4-8-20-9-10/h3-9,16H,2,19H2,1H3. The van der Waals surface area contributed by atoms with Crippen molar-refractivity contribution in [2.75, 3.05) is 0 Å². The predicted molar refractivity (Wildman–Crippen MR) is 87.7 cm³/mol. The molecule has 0 amide bonds. The van der Waals surface area contributed by atoms with Gasteiger partial charge in [-0.3, -0.25) is 9.78 Å². The summed E-state index contributed by atoms with van der Waals surface area (Å²) >= 11 is 3.53. The summed E-state index contributed by atoms with van der Waals surface area (Å²) in [6, 6.07) is 9.34. The van der Waals surface area contributed by atoms with Crippen molar-refractivity contribution < 1.29 is 9.53 Å². The highest BCUT2D eigenvalue weighted by Gasteiger charge is 2.37. The molecule has 0 saturated carbocycles. The number of benzene rings is 1. The number of aromatic nitrogens is 1. The van der Waals surface area contributed by atoms with E-state index in [0.717, 1.165) is 22.0 Å². The Kier molecular flexibility index (Phi) is 3.98. The van der Waals surface area contributed by atoms with E-state index in [2.05, 4.69) is 20.9 Å². The van der Waals surface area contributed by atoms with E-state index >= 15 is 0 Å². The quantitative estimate of drug-likeness (QED) is 0.913. The minimum atomic E-state index is -0.715. The molecular weight excluding hydrogens is 344 g/mol. The molecule has 1 unspecified atom stereocenters. The summed E-state index contributed by atoms with van der Waals surface area (Å²) in [6.45, 7) is 2.04. The number of ether oxygens (including phenoxy) is 1. The molecule has 1 aromatic carbocycles. The molecule has 0 spiro atoms. The lowest BCUT2D eigenvalue weighted by Crippen LogP contribution is -2.10.